The van der Waals surface area contributed by atoms with Crippen molar-refractivity contribution in [2.24, 2.45) is 5.92 Å². The fourth-order valence-corrected chi connectivity index (χ4v) is 1.56. The number of esters is 1. The zero-order valence-electron chi connectivity index (χ0n) is 11.0. The third-order valence-electron chi connectivity index (χ3n) is 2.58. The van der Waals surface area contributed by atoms with E-state index in [2.05, 4.69) is 5.32 Å². The van der Waals surface area contributed by atoms with Gasteiger partial charge in [-0.25, -0.2) is 4.79 Å². The molecule has 0 aliphatic heterocycles. The largest absolute Gasteiger partial charge is 0.464 e. The van der Waals surface area contributed by atoms with Gasteiger partial charge in [0.2, 0.25) is 0 Å². The summed E-state index contributed by atoms with van der Waals surface area (Å²) in [6, 6.07) is 7.70. The lowest BCUT2D eigenvalue weighted by Gasteiger charge is -2.21. The van der Waals surface area contributed by atoms with E-state index in [9.17, 15) is 4.79 Å². The van der Waals surface area contributed by atoms with Crippen LogP contribution >= 0.6 is 0 Å². The SMILES string of the molecule is CCOC(=O)C(Nc1ccc(C)cc1)C(C)C. The molecule has 0 bridgehead atoms. The predicted octanol–water partition coefficient (Wildman–Crippen LogP) is 2.99. The van der Waals surface area contributed by atoms with E-state index in [4.69, 9.17) is 4.74 Å². The number of hydrogen-bond acceptors (Lipinski definition) is 3. The van der Waals surface area contributed by atoms with Crippen molar-refractivity contribution >= 4 is 11.7 Å². The van der Waals surface area contributed by atoms with E-state index >= 15 is 0 Å². The fraction of sp³-hybridized carbons (Fsp3) is 0.500. The lowest BCUT2D eigenvalue weighted by Crippen LogP contribution is -2.36. The van der Waals surface area contributed by atoms with Gasteiger partial charge < -0.3 is 10.1 Å². The fourth-order valence-electron chi connectivity index (χ4n) is 1.56. The molecule has 1 atom stereocenters. The maximum Gasteiger partial charge on any atom is 0.328 e. The lowest BCUT2D eigenvalue weighted by molar-refractivity contribution is -0.145. The lowest BCUT2D eigenvalue weighted by atomic mass is 10.0. The highest BCUT2D eigenvalue weighted by molar-refractivity contribution is 5.79. The summed E-state index contributed by atoms with van der Waals surface area (Å²) in [5.41, 5.74) is 2.15. The van der Waals surface area contributed by atoms with E-state index in [1.54, 1.807) is 0 Å². The molecule has 0 aliphatic rings. The molecule has 1 aromatic carbocycles. The average Bonchev–Trinajstić information content (AvgIpc) is 2.28. The van der Waals surface area contributed by atoms with Crippen molar-refractivity contribution in [3.63, 3.8) is 0 Å². The van der Waals surface area contributed by atoms with Crippen LogP contribution in [0.2, 0.25) is 0 Å². The second kappa shape index (κ2) is 6.28. The van der Waals surface area contributed by atoms with E-state index in [0.717, 1.165) is 5.69 Å². The first-order chi connectivity index (χ1) is 8.04. The molecule has 0 spiro atoms. The molecule has 0 fully saturated rings. The molecule has 1 unspecified atom stereocenters. The van der Waals surface area contributed by atoms with Crippen molar-refractivity contribution in [3.8, 4) is 0 Å². The molecule has 0 saturated heterocycles. The first kappa shape index (κ1) is 13.6. The van der Waals surface area contributed by atoms with Crippen LogP contribution in [0.3, 0.4) is 0 Å². The summed E-state index contributed by atoms with van der Waals surface area (Å²) < 4.78 is 5.06. The number of rotatable bonds is 5. The first-order valence-corrected chi connectivity index (χ1v) is 6.04. The quantitative estimate of drug-likeness (QED) is 0.797. The molecule has 3 heteroatoms. The van der Waals surface area contributed by atoms with E-state index in [-0.39, 0.29) is 17.9 Å². The summed E-state index contributed by atoms with van der Waals surface area (Å²) >= 11 is 0. The molecule has 1 aromatic rings. The van der Waals surface area contributed by atoms with Crippen LogP contribution in [0.5, 0.6) is 0 Å². The third-order valence-corrected chi connectivity index (χ3v) is 2.58. The molecular weight excluding hydrogens is 214 g/mol. The number of carbonyl (C=O) groups is 1. The van der Waals surface area contributed by atoms with Crippen molar-refractivity contribution in [3.05, 3.63) is 29.8 Å². The van der Waals surface area contributed by atoms with Crippen LogP contribution < -0.4 is 5.32 Å². The summed E-state index contributed by atoms with van der Waals surface area (Å²) in [6.07, 6.45) is 0. The molecule has 94 valence electrons. The van der Waals surface area contributed by atoms with Gasteiger partial charge in [0.25, 0.3) is 0 Å². The number of hydrogen-bond donors (Lipinski definition) is 1. The molecule has 0 radical (unpaired) electrons. The second-order valence-electron chi connectivity index (χ2n) is 4.48. The van der Waals surface area contributed by atoms with Crippen LogP contribution in [0.4, 0.5) is 5.69 Å². The van der Waals surface area contributed by atoms with E-state index < -0.39 is 0 Å². The van der Waals surface area contributed by atoms with Crippen molar-refractivity contribution < 1.29 is 9.53 Å². The van der Waals surface area contributed by atoms with Crippen LogP contribution in [-0.2, 0) is 9.53 Å². The van der Waals surface area contributed by atoms with Crippen molar-refractivity contribution in [1.29, 1.82) is 0 Å². The number of aryl methyl sites for hydroxylation is 1. The molecule has 0 saturated carbocycles. The average molecular weight is 235 g/mol. The summed E-state index contributed by atoms with van der Waals surface area (Å²) in [7, 11) is 0. The minimum absolute atomic E-state index is 0.190. The number of ether oxygens (including phenoxy) is 1. The number of nitrogens with one attached hydrogen (secondary N) is 1. The van der Waals surface area contributed by atoms with Crippen molar-refractivity contribution in [2.75, 3.05) is 11.9 Å². The maximum absolute atomic E-state index is 11.8. The highest BCUT2D eigenvalue weighted by atomic mass is 16.5. The highest BCUT2D eigenvalue weighted by Gasteiger charge is 2.22. The van der Waals surface area contributed by atoms with Gasteiger partial charge in [-0.15, -0.1) is 0 Å². The van der Waals surface area contributed by atoms with Gasteiger partial charge in [0, 0.05) is 5.69 Å². The van der Waals surface area contributed by atoms with Crippen LogP contribution in [0, 0.1) is 12.8 Å². The Morgan fingerprint density at radius 3 is 2.35 bits per heavy atom. The number of carbonyl (C=O) groups excluding carboxylic acids is 1. The van der Waals surface area contributed by atoms with Gasteiger partial charge in [-0.05, 0) is 31.9 Å². The molecule has 1 rings (SSSR count). The Bertz CT molecular complexity index is 357. The van der Waals surface area contributed by atoms with Crippen LogP contribution in [0.15, 0.2) is 24.3 Å². The third kappa shape index (κ3) is 4.10. The van der Waals surface area contributed by atoms with Gasteiger partial charge >= 0.3 is 5.97 Å². The Labute approximate surface area is 103 Å². The predicted molar refractivity (Wildman–Crippen MR) is 70.1 cm³/mol. The molecule has 1 N–H and O–H groups in total. The van der Waals surface area contributed by atoms with Crippen molar-refractivity contribution in [2.45, 2.75) is 33.7 Å². The van der Waals surface area contributed by atoms with E-state index in [0.29, 0.717) is 6.61 Å². The topological polar surface area (TPSA) is 38.3 Å². The Morgan fingerprint density at radius 1 is 1.29 bits per heavy atom. The monoisotopic (exact) mass is 235 g/mol. The van der Waals surface area contributed by atoms with Crippen LogP contribution in [-0.4, -0.2) is 18.6 Å². The summed E-state index contributed by atoms with van der Waals surface area (Å²) in [5.74, 6) is -0.00146. The Hall–Kier alpha value is -1.51. The highest BCUT2D eigenvalue weighted by Crippen LogP contribution is 2.14. The van der Waals surface area contributed by atoms with Crippen molar-refractivity contribution in [1.82, 2.24) is 0 Å². The van der Waals surface area contributed by atoms with Gasteiger partial charge in [0.1, 0.15) is 6.04 Å². The van der Waals surface area contributed by atoms with E-state index in [1.165, 1.54) is 5.56 Å². The van der Waals surface area contributed by atoms with Crippen LogP contribution in [0.25, 0.3) is 0 Å². The zero-order valence-corrected chi connectivity index (χ0v) is 11.0. The van der Waals surface area contributed by atoms with Gasteiger partial charge in [-0.1, -0.05) is 31.5 Å². The summed E-state index contributed by atoms with van der Waals surface area (Å²) in [5, 5.41) is 3.22. The van der Waals surface area contributed by atoms with Gasteiger partial charge in [-0.3, -0.25) is 0 Å². The molecule has 0 amide bonds. The Balaban J connectivity index is 2.73. The Morgan fingerprint density at radius 2 is 1.88 bits per heavy atom. The normalized spacial score (nSPS) is 12.3. The second-order valence-corrected chi connectivity index (χ2v) is 4.48. The molecule has 0 aromatic heterocycles. The zero-order chi connectivity index (χ0) is 12.8. The summed E-state index contributed by atoms with van der Waals surface area (Å²) in [4.78, 5) is 11.8. The minimum Gasteiger partial charge on any atom is -0.464 e. The summed E-state index contributed by atoms with van der Waals surface area (Å²) in [6.45, 7) is 8.28. The van der Waals surface area contributed by atoms with Gasteiger partial charge in [0.05, 0.1) is 6.61 Å². The maximum atomic E-state index is 11.8. The molecule has 3 nitrogen and oxygen atoms in total. The Kier molecular flexibility index (Phi) is 5.01. The minimum atomic E-state index is -0.294. The van der Waals surface area contributed by atoms with Gasteiger partial charge in [0.15, 0.2) is 0 Å². The molecule has 0 heterocycles. The smallest absolute Gasteiger partial charge is 0.328 e. The number of benzene rings is 1. The molecule has 17 heavy (non-hydrogen) atoms. The van der Waals surface area contributed by atoms with E-state index in [1.807, 2.05) is 52.0 Å². The molecule has 0 aliphatic carbocycles. The van der Waals surface area contributed by atoms with Gasteiger partial charge in [-0.2, -0.15) is 0 Å². The standard InChI is InChI=1S/C14H21NO2/c1-5-17-14(16)13(10(2)3)15-12-8-6-11(4)7-9-12/h6-10,13,15H,5H2,1-4H3. The van der Waals surface area contributed by atoms with Crippen LogP contribution in [0.1, 0.15) is 26.3 Å². The first-order valence-electron chi connectivity index (χ1n) is 6.04. The number of anilines is 1. The molecular formula is C14H21NO2.